The van der Waals surface area contributed by atoms with Crippen LogP contribution in [0.25, 0.3) is 0 Å². The molecule has 3 heteroatoms. The first-order valence-electron chi connectivity index (χ1n) is 12.2. The zero-order valence-electron chi connectivity index (χ0n) is 18.7. The van der Waals surface area contributed by atoms with Crippen LogP contribution >= 0.6 is 0 Å². The zero-order valence-corrected chi connectivity index (χ0v) is 18.7. The largest absolute Gasteiger partial charge is 0.324 e. The number of nitrogens with zero attached hydrogens (tertiary/aromatic N) is 1. The van der Waals surface area contributed by atoms with Crippen molar-refractivity contribution in [1.29, 1.82) is 0 Å². The normalized spacial score (nSPS) is 13.6. The number of para-hydroxylation sites is 2. The summed E-state index contributed by atoms with van der Waals surface area (Å²) in [5.41, 5.74) is 2.76. The molecule has 0 fully saturated rings. The highest BCUT2D eigenvalue weighted by molar-refractivity contribution is 6.10. The van der Waals surface area contributed by atoms with E-state index in [-0.39, 0.29) is 5.91 Å². The molecule has 0 saturated heterocycles. The number of hydrogen-bond donors (Lipinski definition) is 1. The lowest BCUT2D eigenvalue weighted by molar-refractivity contribution is -0.115. The van der Waals surface area contributed by atoms with Gasteiger partial charge in [-0.15, -0.1) is 0 Å². The van der Waals surface area contributed by atoms with Crippen LogP contribution in [0.4, 0.5) is 11.4 Å². The molecule has 0 bridgehead atoms. The molecule has 0 aliphatic carbocycles. The minimum atomic E-state index is 0.0645. The number of aliphatic imine (C=N–C) groups is 1. The molecule has 29 heavy (non-hydrogen) atoms. The van der Waals surface area contributed by atoms with Crippen LogP contribution in [0.1, 0.15) is 116 Å². The van der Waals surface area contributed by atoms with Gasteiger partial charge in [0.15, 0.2) is 0 Å². The van der Waals surface area contributed by atoms with Crippen LogP contribution in [0.5, 0.6) is 0 Å². The first-order valence-corrected chi connectivity index (χ1v) is 12.2. The van der Waals surface area contributed by atoms with E-state index < -0.39 is 0 Å². The molecule has 1 aromatic rings. The summed E-state index contributed by atoms with van der Waals surface area (Å²) in [5.74, 6) is 0.0645. The maximum absolute atomic E-state index is 12.0. The molecule has 0 saturated carbocycles. The number of hydrogen-bond acceptors (Lipinski definition) is 2. The molecule has 162 valence electrons. The first kappa shape index (κ1) is 23.6. The molecule has 0 radical (unpaired) electrons. The van der Waals surface area contributed by atoms with Crippen molar-refractivity contribution in [2.75, 3.05) is 5.32 Å². The Morgan fingerprint density at radius 2 is 1.28 bits per heavy atom. The van der Waals surface area contributed by atoms with E-state index in [9.17, 15) is 4.79 Å². The van der Waals surface area contributed by atoms with E-state index in [4.69, 9.17) is 4.99 Å². The lowest BCUT2D eigenvalue weighted by Crippen LogP contribution is -2.14. The molecule has 1 N–H and O–H groups in total. The topological polar surface area (TPSA) is 41.5 Å². The van der Waals surface area contributed by atoms with Crippen LogP contribution in [0, 0.1) is 0 Å². The van der Waals surface area contributed by atoms with Gasteiger partial charge in [-0.1, -0.05) is 109 Å². The minimum Gasteiger partial charge on any atom is -0.324 e. The van der Waals surface area contributed by atoms with Gasteiger partial charge in [0, 0.05) is 5.71 Å². The van der Waals surface area contributed by atoms with E-state index in [1.165, 1.54) is 89.9 Å². The van der Waals surface area contributed by atoms with Crippen LogP contribution in [0.2, 0.25) is 0 Å². The number of carbonyl (C=O) groups is 1. The van der Waals surface area contributed by atoms with Crippen LogP contribution in [-0.2, 0) is 4.79 Å². The molecule has 2 rings (SSSR count). The van der Waals surface area contributed by atoms with Gasteiger partial charge in [-0.2, -0.15) is 0 Å². The number of nitrogens with one attached hydrogen (secondary N) is 1. The summed E-state index contributed by atoms with van der Waals surface area (Å²) in [6.45, 7) is 2.28. The standard InChI is InChI=1S/C26H42N2O/c1-2-3-4-5-6-7-8-9-10-11-12-13-14-15-16-19-23-22-26(29)28-25-21-18-17-20-24(25)27-23/h17-18,20-21H,2-16,19,22H2,1H3,(H,28,29). The summed E-state index contributed by atoms with van der Waals surface area (Å²) in [7, 11) is 0. The Bertz CT molecular complexity index is 608. The van der Waals surface area contributed by atoms with Crippen LogP contribution in [0.15, 0.2) is 29.3 Å². The Hall–Kier alpha value is -1.64. The third-order valence-electron chi connectivity index (χ3n) is 5.89. The molecule has 0 unspecified atom stereocenters. The molecule has 1 aliphatic heterocycles. The highest BCUT2D eigenvalue weighted by atomic mass is 16.1. The second-order valence-corrected chi connectivity index (χ2v) is 8.62. The number of anilines is 1. The highest BCUT2D eigenvalue weighted by Crippen LogP contribution is 2.28. The zero-order chi connectivity index (χ0) is 20.6. The van der Waals surface area contributed by atoms with Crippen molar-refractivity contribution in [3.63, 3.8) is 0 Å². The Labute approximate surface area is 178 Å². The number of carbonyl (C=O) groups excluding carboxylic acids is 1. The summed E-state index contributed by atoms with van der Waals surface area (Å²) >= 11 is 0. The summed E-state index contributed by atoms with van der Waals surface area (Å²) in [6.07, 6.45) is 22.0. The van der Waals surface area contributed by atoms with Gasteiger partial charge in [-0.25, -0.2) is 0 Å². The highest BCUT2D eigenvalue weighted by Gasteiger charge is 2.14. The SMILES string of the molecule is CCCCCCCCCCCCCCCCCC1=Nc2ccccc2NC(=O)C1. The molecule has 0 atom stereocenters. The van der Waals surface area contributed by atoms with Crippen LogP contribution < -0.4 is 5.32 Å². The molecular weight excluding hydrogens is 356 g/mol. The quantitative estimate of drug-likeness (QED) is 0.279. The fourth-order valence-electron chi connectivity index (χ4n) is 4.11. The molecule has 0 spiro atoms. The van der Waals surface area contributed by atoms with Crippen molar-refractivity contribution in [2.45, 2.75) is 116 Å². The molecular formula is C26H42N2O. The Morgan fingerprint density at radius 3 is 1.86 bits per heavy atom. The number of unbranched alkanes of at least 4 members (excludes halogenated alkanes) is 14. The van der Waals surface area contributed by atoms with Gasteiger partial charge in [0.05, 0.1) is 17.8 Å². The third-order valence-corrected chi connectivity index (χ3v) is 5.89. The lowest BCUT2D eigenvalue weighted by atomic mass is 10.0. The molecule has 1 amide bonds. The second-order valence-electron chi connectivity index (χ2n) is 8.62. The Morgan fingerprint density at radius 1 is 0.759 bits per heavy atom. The van der Waals surface area contributed by atoms with E-state index in [1.807, 2.05) is 24.3 Å². The van der Waals surface area contributed by atoms with Crippen molar-refractivity contribution in [2.24, 2.45) is 4.99 Å². The molecule has 1 aliphatic rings. The summed E-state index contributed by atoms with van der Waals surface area (Å²) in [6, 6.07) is 7.82. The summed E-state index contributed by atoms with van der Waals surface area (Å²) in [5, 5.41) is 2.95. The van der Waals surface area contributed by atoms with Gasteiger partial charge in [0.2, 0.25) is 5.91 Å². The van der Waals surface area contributed by atoms with Crippen molar-refractivity contribution in [1.82, 2.24) is 0 Å². The van der Waals surface area contributed by atoms with Gasteiger partial charge in [0.25, 0.3) is 0 Å². The number of rotatable bonds is 16. The third kappa shape index (κ3) is 10.6. The van der Waals surface area contributed by atoms with Gasteiger partial charge in [-0.3, -0.25) is 9.79 Å². The molecule has 0 aromatic heterocycles. The van der Waals surface area contributed by atoms with Crippen molar-refractivity contribution >= 4 is 23.0 Å². The average molecular weight is 399 g/mol. The Balaban J connectivity index is 1.43. The second kappa shape index (κ2) is 15.2. The fraction of sp³-hybridized carbons (Fsp3) is 0.692. The van der Waals surface area contributed by atoms with Crippen LogP contribution in [-0.4, -0.2) is 11.6 Å². The lowest BCUT2D eigenvalue weighted by Gasteiger charge is -2.05. The van der Waals surface area contributed by atoms with Gasteiger partial charge >= 0.3 is 0 Å². The van der Waals surface area contributed by atoms with E-state index >= 15 is 0 Å². The van der Waals surface area contributed by atoms with E-state index in [0.717, 1.165) is 29.9 Å². The Kier molecular flexibility index (Phi) is 12.4. The predicted molar refractivity (Wildman–Crippen MR) is 126 cm³/mol. The number of amides is 1. The van der Waals surface area contributed by atoms with Crippen molar-refractivity contribution in [3.8, 4) is 0 Å². The fourth-order valence-corrected chi connectivity index (χ4v) is 4.11. The first-order chi connectivity index (χ1) is 14.3. The minimum absolute atomic E-state index is 0.0645. The van der Waals surface area contributed by atoms with E-state index in [2.05, 4.69) is 12.2 Å². The van der Waals surface area contributed by atoms with Gasteiger partial charge in [-0.05, 0) is 25.0 Å². The van der Waals surface area contributed by atoms with Gasteiger partial charge < -0.3 is 5.32 Å². The monoisotopic (exact) mass is 398 g/mol. The van der Waals surface area contributed by atoms with Crippen molar-refractivity contribution < 1.29 is 4.79 Å². The molecule has 1 heterocycles. The average Bonchev–Trinajstić information content (AvgIpc) is 2.88. The summed E-state index contributed by atoms with van der Waals surface area (Å²) in [4.78, 5) is 16.8. The number of benzene rings is 1. The van der Waals surface area contributed by atoms with Crippen LogP contribution in [0.3, 0.4) is 0 Å². The predicted octanol–water partition coefficient (Wildman–Crippen LogP) is 8.36. The van der Waals surface area contributed by atoms with E-state index in [1.54, 1.807) is 0 Å². The maximum Gasteiger partial charge on any atom is 0.230 e. The smallest absolute Gasteiger partial charge is 0.230 e. The van der Waals surface area contributed by atoms with E-state index in [0.29, 0.717) is 6.42 Å². The van der Waals surface area contributed by atoms with Crippen molar-refractivity contribution in [3.05, 3.63) is 24.3 Å². The van der Waals surface area contributed by atoms with Gasteiger partial charge in [0.1, 0.15) is 0 Å². The maximum atomic E-state index is 12.0. The summed E-state index contributed by atoms with van der Waals surface area (Å²) < 4.78 is 0. The molecule has 1 aromatic carbocycles. The molecule has 3 nitrogen and oxygen atoms in total. The number of fused-ring (bicyclic) bond motifs is 1.